The molecule has 1 atom stereocenters. The maximum absolute atomic E-state index is 14.1. The van der Waals surface area contributed by atoms with E-state index in [0.29, 0.717) is 29.9 Å². The zero-order valence-electron chi connectivity index (χ0n) is 16.4. The smallest absolute Gasteiger partial charge is 0.258 e. The summed E-state index contributed by atoms with van der Waals surface area (Å²) in [7, 11) is 0. The van der Waals surface area contributed by atoms with Gasteiger partial charge in [-0.05, 0) is 42.7 Å². The van der Waals surface area contributed by atoms with Crippen LogP contribution in [0.25, 0.3) is 11.1 Å². The van der Waals surface area contributed by atoms with Gasteiger partial charge in [-0.1, -0.05) is 19.1 Å². The molecule has 0 unspecified atom stereocenters. The number of carbonyl (C=O) groups excluding carboxylic acids is 1. The predicted octanol–water partition coefficient (Wildman–Crippen LogP) is 3.72. The van der Waals surface area contributed by atoms with Crippen LogP contribution >= 0.6 is 0 Å². The van der Waals surface area contributed by atoms with Crippen LogP contribution in [0.1, 0.15) is 46.7 Å². The number of amides is 1. The summed E-state index contributed by atoms with van der Waals surface area (Å²) in [6, 6.07) is 8.10. The van der Waals surface area contributed by atoms with Crippen molar-refractivity contribution in [3.05, 3.63) is 71.1 Å². The van der Waals surface area contributed by atoms with Crippen LogP contribution in [-0.4, -0.2) is 32.3 Å². The maximum Gasteiger partial charge on any atom is 0.258 e. The first-order valence-corrected chi connectivity index (χ1v) is 9.63. The lowest BCUT2D eigenvalue weighted by atomic mass is 9.87. The first kappa shape index (κ1) is 19.0. The predicted molar refractivity (Wildman–Crippen MR) is 109 cm³/mol. The molecule has 4 rings (SSSR count). The van der Waals surface area contributed by atoms with Crippen molar-refractivity contribution in [2.24, 2.45) is 0 Å². The molecular formula is C22H22FN5O. The van der Waals surface area contributed by atoms with E-state index >= 15 is 0 Å². The van der Waals surface area contributed by atoms with Crippen molar-refractivity contribution in [2.75, 3.05) is 12.3 Å². The number of anilines is 1. The van der Waals surface area contributed by atoms with E-state index in [-0.39, 0.29) is 23.7 Å². The number of halogens is 1. The minimum atomic E-state index is -0.334. The van der Waals surface area contributed by atoms with Crippen LogP contribution in [0.2, 0.25) is 0 Å². The number of fused-ring (bicyclic) bond motifs is 1. The minimum Gasteiger partial charge on any atom is -0.368 e. The van der Waals surface area contributed by atoms with Gasteiger partial charge in [-0.2, -0.15) is 0 Å². The fraction of sp³-hybridized carbons (Fsp3) is 0.273. The largest absolute Gasteiger partial charge is 0.368 e. The molecule has 1 aliphatic heterocycles. The Morgan fingerprint density at radius 1 is 1.28 bits per heavy atom. The van der Waals surface area contributed by atoms with Gasteiger partial charge in [-0.25, -0.2) is 14.4 Å². The van der Waals surface area contributed by atoms with Crippen LogP contribution in [0, 0.1) is 12.7 Å². The number of rotatable bonds is 4. The van der Waals surface area contributed by atoms with E-state index in [1.807, 2.05) is 24.0 Å². The van der Waals surface area contributed by atoms with Crippen LogP contribution in [-0.2, 0) is 6.42 Å². The standard InChI is InChI=1S/C22H22FN5O/c1-3-9-28-19(11-18-20(21(28)29)13(2)26-22(24)27-18)16-7-6-15(23)10-17(16)14-5-4-8-25-12-14/h4-8,10,12,19H,3,9,11H2,1-2H3,(H2,24,26,27)/t19-/m1/s1. The molecule has 1 amide bonds. The van der Waals surface area contributed by atoms with Crippen molar-refractivity contribution in [2.45, 2.75) is 32.7 Å². The Hall–Kier alpha value is -3.35. The summed E-state index contributed by atoms with van der Waals surface area (Å²) in [6.07, 6.45) is 4.67. The zero-order valence-corrected chi connectivity index (χ0v) is 16.4. The number of nitrogens with two attached hydrogens (primary N) is 1. The molecule has 2 N–H and O–H groups in total. The SMILES string of the molecule is CCCN1C(=O)c2c(C)nc(N)nc2C[C@@H]1c1ccc(F)cc1-c1cccnc1. The minimum absolute atomic E-state index is 0.114. The quantitative estimate of drug-likeness (QED) is 0.733. The van der Waals surface area contributed by atoms with Crippen LogP contribution in [0.15, 0.2) is 42.7 Å². The molecule has 0 saturated carbocycles. The second kappa shape index (κ2) is 7.58. The third-order valence-corrected chi connectivity index (χ3v) is 5.23. The van der Waals surface area contributed by atoms with E-state index < -0.39 is 0 Å². The van der Waals surface area contributed by atoms with Crippen LogP contribution in [0.5, 0.6) is 0 Å². The highest BCUT2D eigenvalue weighted by molar-refractivity contribution is 5.98. The molecule has 3 heterocycles. The van der Waals surface area contributed by atoms with Crippen molar-refractivity contribution in [3.8, 4) is 11.1 Å². The summed E-state index contributed by atoms with van der Waals surface area (Å²) in [5.74, 6) is -0.292. The number of nitrogens with zero attached hydrogens (tertiary/aromatic N) is 4. The molecule has 1 aliphatic rings. The number of benzene rings is 1. The fourth-order valence-corrected chi connectivity index (χ4v) is 4.03. The van der Waals surface area contributed by atoms with Crippen molar-refractivity contribution in [1.82, 2.24) is 19.9 Å². The molecule has 1 aromatic carbocycles. The van der Waals surface area contributed by atoms with Crippen molar-refractivity contribution >= 4 is 11.9 Å². The zero-order chi connectivity index (χ0) is 20.5. The second-order valence-corrected chi connectivity index (χ2v) is 7.18. The van der Waals surface area contributed by atoms with Crippen molar-refractivity contribution in [1.29, 1.82) is 0 Å². The van der Waals surface area contributed by atoms with Gasteiger partial charge in [0, 0.05) is 30.9 Å². The fourth-order valence-electron chi connectivity index (χ4n) is 4.03. The van der Waals surface area contributed by atoms with E-state index in [1.165, 1.54) is 12.1 Å². The molecule has 0 radical (unpaired) electrons. The Morgan fingerprint density at radius 3 is 2.83 bits per heavy atom. The van der Waals surface area contributed by atoms with E-state index in [1.54, 1.807) is 25.4 Å². The van der Waals surface area contributed by atoms with E-state index in [0.717, 1.165) is 23.1 Å². The Morgan fingerprint density at radius 2 is 2.10 bits per heavy atom. The lowest BCUT2D eigenvalue weighted by Crippen LogP contribution is -2.42. The van der Waals surface area contributed by atoms with Crippen molar-refractivity contribution < 1.29 is 9.18 Å². The Kier molecular flexibility index (Phi) is 4.96. The molecule has 0 saturated heterocycles. The molecule has 2 aromatic heterocycles. The third kappa shape index (κ3) is 3.44. The first-order chi connectivity index (χ1) is 14.0. The average Bonchev–Trinajstić information content (AvgIpc) is 2.70. The summed E-state index contributed by atoms with van der Waals surface area (Å²) < 4.78 is 14.1. The van der Waals surface area contributed by atoms with Gasteiger partial charge in [0.2, 0.25) is 5.95 Å². The molecule has 148 valence electrons. The number of pyridine rings is 1. The maximum atomic E-state index is 14.1. The van der Waals surface area contributed by atoms with Crippen LogP contribution in [0.3, 0.4) is 0 Å². The first-order valence-electron chi connectivity index (χ1n) is 9.63. The number of hydrogen-bond acceptors (Lipinski definition) is 5. The van der Waals surface area contributed by atoms with Gasteiger partial charge in [0.05, 0.1) is 23.0 Å². The third-order valence-electron chi connectivity index (χ3n) is 5.23. The Balaban J connectivity index is 1.89. The summed E-state index contributed by atoms with van der Waals surface area (Å²) in [5.41, 5.74) is 9.97. The summed E-state index contributed by atoms with van der Waals surface area (Å²) in [5, 5.41) is 0. The highest BCUT2D eigenvalue weighted by Gasteiger charge is 2.36. The molecule has 0 bridgehead atoms. The molecule has 0 aliphatic carbocycles. The summed E-state index contributed by atoms with van der Waals surface area (Å²) in [6.45, 7) is 4.38. The molecule has 0 spiro atoms. The summed E-state index contributed by atoms with van der Waals surface area (Å²) >= 11 is 0. The van der Waals surface area contributed by atoms with Crippen molar-refractivity contribution in [3.63, 3.8) is 0 Å². The molecule has 0 fully saturated rings. The molecule has 7 heteroatoms. The lowest BCUT2D eigenvalue weighted by Gasteiger charge is -2.37. The topological polar surface area (TPSA) is 85.0 Å². The number of hydrogen-bond donors (Lipinski definition) is 1. The Labute approximate surface area is 168 Å². The van der Waals surface area contributed by atoms with Crippen LogP contribution in [0.4, 0.5) is 10.3 Å². The Bertz CT molecular complexity index is 1070. The average molecular weight is 391 g/mol. The highest BCUT2D eigenvalue weighted by Crippen LogP contribution is 2.38. The number of aryl methyl sites for hydroxylation is 1. The molecular weight excluding hydrogens is 369 g/mol. The summed E-state index contributed by atoms with van der Waals surface area (Å²) in [4.78, 5) is 27.9. The van der Waals surface area contributed by atoms with Gasteiger partial charge in [0.25, 0.3) is 5.91 Å². The van der Waals surface area contributed by atoms with E-state index in [2.05, 4.69) is 15.0 Å². The number of carbonyl (C=O) groups is 1. The second-order valence-electron chi connectivity index (χ2n) is 7.18. The van der Waals surface area contributed by atoms with Gasteiger partial charge >= 0.3 is 0 Å². The normalized spacial score (nSPS) is 16.0. The van der Waals surface area contributed by atoms with Crippen LogP contribution < -0.4 is 5.73 Å². The highest BCUT2D eigenvalue weighted by atomic mass is 19.1. The van der Waals surface area contributed by atoms with Gasteiger partial charge in [0.15, 0.2) is 0 Å². The van der Waals surface area contributed by atoms with Gasteiger partial charge < -0.3 is 10.6 Å². The number of nitrogen functional groups attached to an aromatic ring is 1. The molecule has 29 heavy (non-hydrogen) atoms. The number of aromatic nitrogens is 3. The van der Waals surface area contributed by atoms with Gasteiger partial charge in [0.1, 0.15) is 5.82 Å². The van der Waals surface area contributed by atoms with E-state index in [9.17, 15) is 9.18 Å². The van der Waals surface area contributed by atoms with E-state index in [4.69, 9.17) is 5.73 Å². The van der Waals surface area contributed by atoms with Gasteiger partial charge in [-0.15, -0.1) is 0 Å². The van der Waals surface area contributed by atoms with Gasteiger partial charge in [-0.3, -0.25) is 9.78 Å². The molecule has 3 aromatic rings. The lowest BCUT2D eigenvalue weighted by molar-refractivity contribution is 0.0643. The molecule has 6 nitrogen and oxygen atoms in total. The monoisotopic (exact) mass is 391 g/mol.